The lowest BCUT2D eigenvalue weighted by Crippen LogP contribution is -2.26. The topological polar surface area (TPSA) is 60.7 Å². The molecule has 0 aliphatic carbocycles. The molecule has 3 rings (SSSR count). The van der Waals surface area contributed by atoms with E-state index >= 15 is 0 Å². The lowest BCUT2D eigenvalue weighted by molar-refractivity contribution is 0.0947. The van der Waals surface area contributed by atoms with Gasteiger partial charge in [0, 0.05) is 11.0 Å². The van der Waals surface area contributed by atoms with Gasteiger partial charge >= 0.3 is 0 Å². The van der Waals surface area contributed by atoms with Gasteiger partial charge in [-0.1, -0.05) is 13.8 Å². The molecule has 1 aliphatic rings. The molecule has 0 spiro atoms. The Kier molecular flexibility index (Phi) is 3.79. The van der Waals surface area contributed by atoms with E-state index < -0.39 is 0 Å². The van der Waals surface area contributed by atoms with E-state index in [1.165, 1.54) is 0 Å². The summed E-state index contributed by atoms with van der Waals surface area (Å²) in [5.74, 6) is 1.82. The SMILES string of the molecule is CC1(C)COc2ccc(C(=O)NCc3ccco3)cc2OC1. The fourth-order valence-electron chi connectivity index (χ4n) is 2.15. The molecular weight excluding hydrogens is 282 g/mol. The molecule has 0 fully saturated rings. The molecule has 1 aromatic heterocycles. The van der Waals surface area contributed by atoms with Crippen molar-refractivity contribution >= 4 is 5.91 Å². The second-order valence-electron chi connectivity index (χ2n) is 6.17. The Morgan fingerprint density at radius 3 is 2.68 bits per heavy atom. The molecule has 1 N–H and O–H groups in total. The number of fused-ring (bicyclic) bond motifs is 1. The molecule has 0 radical (unpaired) electrons. The van der Waals surface area contributed by atoms with Crippen LogP contribution in [-0.2, 0) is 6.54 Å². The van der Waals surface area contributed by atoms with E-state index in [0.717, 1.165) is 0 Å². The first-order valence-corrected chi connectivity index (χ1v) is 7.24. The zero-order chi connectivity index (χ0) is 15.6. The third-order valence-corrected chi connectivity index (χ3v) is 3.45. The number of benzene rings is 1. The molecule has 1 aliphatic heterocycles. The van der Waals surface area contributed by atoms with Crippen LogP contribution in [0, 0.1) is 5.41 Å². The Balaban J connectivity index is 1.70. The second kappa shape index (κ2) is 5.75. The number of rotatable bonds is 3. The quantitative estimate of drug-likeness (QED) is 0.946. The van der Waals surface area contributed by atoms with Gasteiger partial charge in [-0.05, 0) is 30.3 Å². The lowest BCUT2D eigenvalue weighted by atomic mass is 9.97. The van der Waals surface area contributed by atoms with Crippen molar-refractivity contribution < 1.29 is 18.7 Å². The third kappa shape index (κ3) is 3.24. The van der Waals surface area contributed by atoms with E-state index in [-0.39, 0.29) is 11.3 Å². The summed E-state index contributed by atoms with van der Waals surface area (Å²) < 4.78 is 16.7. The number of furan rings is 1. The van der Waals surface area contributed by atoms with Crippen LogP contribution >= 0.6 is 0 Å². The maximum Gasteiger partial charge on any atom is 0.251 e. The van der Waals surface area contributed by atoms with Gasteiger partial charge in [0.25, 0.3) is 5.91 Å². The van der Waals surface area contributed by atoms with Crippen molar-refractivity contribution in [1.29, 1.82) is 0 Å². The van der Waals surface area contributed by atoms with Crippen LogP contribution in [0.1, 0.15) is 30.0 Å². The van der Waals surface area contributed by atoms with Crippen LogP contribution in [0.4, 0.5) is 0 Å². The average Bonchev–Trinajstić information content (AvgIpc) is 2.97. The Hall–Kier alpha value is -2.43. The molecule has 1 aromatic carbocycles. The van der Waals surface area contributed by atoms with Gasteiger partial charge in [-0.3, -0.25) is 4.79 Å². The van der Waals surface area contributed by atoms with Crippen molar-refractivity contribution in [2.24, 2.45) is 5.41 Å². The highest BCUT2D eigenvalue weighted by Gasteiger charge is 2.25. The summed E-state index contributed by atoms with van der Waals surface area (Å²) >= 11 is 0. The molecule has 1 amide bonds. The Morgan fingerprint density at radius 1 is 1.18 bits per heavy atom. The van der Waals surface area contributed by atoms with Crippen LogP contribution in [0.15, 0.2) is 41.0 Å². The predicted octanol–water partition coefficient (Wildman–Crippen LogP) is 3.01. The van der Waals surface area contributed by atoms with E-state index in [1.807, 2.05) is 6.07 Å². The second-order valence-corrected chi connectivity index (χ2v) is 6.17. The summed E-state index contributed by atoms with van der Waals surface area (Å²) in [6.07, 6.45) is 1.58. The monoisotopic (exact) mass is 301 g/mol. The van der Waals surface area contributed by atoms with E-state index in [0.29, 0.717) is 42.6 Å². The minimum absolute atomic E-state index is 0.0548. The molecule has 2 heterocycles. The summed E-state index contributed by atoms with van der Waals surface area (Å²) in [6, 6.07) is 8.83. The summed E-state index contributed by atoms with van der Waals surface area (Å²) in [4.78, 5) is 12.2. The van der Waals surface area contributed by atoms with Gasteiger partial charge in [0.1, 0.15) is 5.76 Å². The minimum atomic E-state index is -0.175. The molecule has 5 heteroatoms. The maximum absolute atomic E-state index is 12.2. The van der Waals surface area contributed by atoms with Crippen LogP contribution in [0.25, 0.3) is 0 Å². The maximum atomic E-state index is 12.2. The lowest BCUT2D eigenvalue weighted by Gasteiger charge is -2.19. The normalized spacial score (nSPS) is 15.9. The Labute approximate surface area is 129 Å². The van der Waals surface area contributed by atoms with E-state index in [1.54, 1.807) is 30.5 Å². The van der Waals surface area contributed by atoms with Gasteiger partial charge in [0.15, 0.2) is 11.5 Å². The first kappa shape index (κ1) is 14.5. The van der Waals surface area contributed by atoms with Crippen molar-refractivity contribution in [2.45, 2.75) is 20.4 Å². The van der Waals surface area contributed by atoms with Crippen molar-refractivity contribution in [1.82, 2.24) is 5.32 Å². The van der Waals surface area contributed by atoms with E-state index in [2.05, 4.69) is 19.2 Å². The fourth-order valence-corrected chi connectivity index (χ4v) is 2.15. The highest BCUT2D eigenvalue weighted by Crippen LogP contribution is 2.34. The minimum Gasteiger partial charge on any atom is -0.489 e. The fraction of sp³-hybridized carbons (Fsp3) is 0.353. The molecule has 0 saturated heterocycles. The standard InChI is InChI=1S/C17H19NO4/c1-17(2)10-21-14-6-5-12(8-15(14)22-11-17)16(19)18-9-13-4-3-7-20-13/h3-8H,9-11H2,1-2H3,(H,18,19). The number of hydrogen-bond donors (Lipinski definition) is 1. The molecule has 0 bridgehead atoms. The van der Waals surface area contributed by atoms with E-state index in [9.17, 15) is 4.79 Å². The van der Waals surface area contributed by atoms with Gasteiger partial charge < -0.3 is 19.2 Å². The number of amides is 1. The number of carbonyl (C=O) groups excluding carboxylic acids is 1. The molecule has 22 heavy (non-hydrogen) atoms. The summed E-state index contributed by atoms with van der Waals surface area (Å²) in [5.41, 5.74) is 0.481. The zero-order valence-electron chi connectivity index (χ0n) is 12.7. The van der Waals surface area contributed by atoms with Crippen molar-refractivity contribution in [3.63, 3.8) is 0 Å². The molecule has 0 saturated carbocycles. The van der Waals surface area contributed by atoms with Gasteiger partial charge in [-0.25, -0.2) is 0 Å². The van der Waals surface area contributed by atoms with Gasteiger partial charge in [-0.15, -0.1) is 0 Å². The summed E-state index contributed by atoms with van der Waals surface area (Å²) in [7, 11) is 0. The van der Waals surface area contributed by atoms with Crippen LogP contribution in [0.2, 0.25) is 0 Å². The van der Waals surface area contributed by atoms with Crippen molar-refractivity contribution in [3.05, 3.63) is 47.9 Å². The van der Waals surface area contributed by atoms with Crippen LogP contribution in [0.5, 0.6) is 11.5 Å². The molecule has 116 valence electrons. The smallest absolute Gasteiger partial charge is 0.251 e. The first-order chi connectivity index (χ1) is 10.5. The number of hydrogen-bond acceptors (Lipinski definition) is 4. The zero-order valence-corrected chi connectivity index (χ0v) is 12.7. The van der Waals surface area contributed by atoms with Gasteiger partial charge in [0.05, 0.1) is 26.0 Å². The highest BCUT2D eigenvalue weighted by molar-refractivity contribution is 5.94. The molecule has 2 aromatic rings. The largest absolute Gasteiger partial charge is 0.489 e. The molecular formula is C17H19NO4. The van der Waals surface area contributed by atoms with Crippen LogP contribution in [-0.4, -0.2) is 19.1 Å². The number of carbonyl (C=O) groups is 1. The van der Waals surface area contributed by atoms with Crippen molar-refractivity contribution in [3.8, 4) is 11.5 Å². The summed E-state index contributed by atoms with van der Waals surface area (Å²) in [6.45, 7) is 5.65. The van der Waals surface area contributed by atoms with Gasteiger partial charge in [-0.2, -0.15) is 0 Å². The molecule has 5 nitrogen and oxygen atoms in total. The number of ether oxygens (including phenoxy) is 2. The Bertz CT molecular complexity index is 661. The molecule has 0 unspecified atom stereocenters. The Morgan fingerprint density at radius 2 is 1.95 bits per heavy atom. The van der Waals surface area contributed by atoms with Crippen LogP contribution in [0.3, 0.4) is 0 Å². The van der Waals surface area contributed by atoms with Gasteiger partial charge in [0.2, 0.25) is 0 Å². The molecule has 0 atom stereocenters. The highest BCUT2D eigenvalue weighted by atomic mass is 16.5. The average molecular weight is 301 g/mol. The third-order valence-electron chi connectivity index (χ3n) is 3.45. The summed E-state index contributed by atoms with van der Waals surface area (Å²) in [5, 5.41) is 2.81. The number of nitrogens with one attached hydrogen (secondary N) is 1. The van der Waals surface area contributed by atoms with Crippen molar-refractivity contribution in [2.75, 3.05) is 13.2 Å². The predicted molar refractivity (Wildman–Crippen MR) is 81.1 cm³/mol. The first-order valence-electron chi connectivity index (χ1n) is 7.24. The van der Waals surface area contributed by atoms with E-state index in [4.69, 9.17) is 13.9 Å². The van der Waals surface area contributed by atoms with Crippen LogP contribution < -0.4 is 14.8 Å².